The summed E-state index contributed by atoms with van der Waals surface area (Å²) in [6, 6.07) is 17.2. The molecule has 0 spiro atoms. The van der Waals surface area contributed by atoms with Crippen molar-refractivity contribution in [3.63, 3.8) is 0 Å². The Balaban J connectivity index is 1.43. The Hall–Kier alpha value is -3.63. The van der Waals surface area contributed by atoms with Gasteiger partial charge in [-0.1, -0.05) is 0 Å². The number of nitrogens with zero attached hydrogens (tertiary/aromatic N) is 6. The van der Waals surface area contributed by atoms with Gasteiger partial charge in [0.25, 0.3) is 0 Å². The smallest absolute Gasteiger partial charge is 0.101 e. The van der Waals surface area contributed by atoms with Crippen molar-refractivity contribution in [2.45, 2.75) is 19.5 Å². The molecule has 1 fully saturated rings. The molecule has 0 amide bonds. The summed E-state index contributed by atoms with van der Waals surface area (Å²) < 4.78 is 2.20. The summed E-state index contributed by atoms with van der Waals surface area (Å²) in [5, 5.41) is 20.1. The fourth-order valence-corrected chi connectivity index (χ4v) is 5.13. The maximum Gasteiger partial charge on any atom is 0.101 e. The molecule has 2 aliphatic heterocycles. The van der Waals surface area contributed by atoms with Crippen LogP contribution in [0.2, 0.25) is 0 Å². The SMILES string of the molecule is C[C@@H]1CN(c2ccc(C#N)c3ncccc23)Cc2c3cc(N4CCNCC4)ccc3nn21. The van der Waals surface area contributed by atoms with E-state index in [1.165, 1.54) is 16.8 Å². The van der Waals surface area contributed by atoms with Gasteiger partial charge in [-0.15, -0.1) is 0 Å². The van der Waals surface area contributed by atoms with Crippen molar-refractivity contribution in [2.24, 2.45) is 0 Å². The predicted molar refractivity (Wildman–Crippen MR) is 127 cm³/mol. The van der Waals surface area contributed by atoms with E-state index in [1.807, 2.05) is 12.1 Å². The lowest BCUT2D eigenvalue weighted by atomic mass is 10.0. The number of pyridine rings is 1. The van der Waals surface area contributed by atoms with Crippen LogP contribution in [0.4, 0.5) is 11.4 Å². The van der Waals surface area contributed by atoms with Crippen LogP contribution < -0.4 is 15.1 Å². The number of hydrogen-bond donors (Lipinski definition) is 1. The summed E-state index contributed by atoms with van der Waals surface area (Å²) >= 11 is 0. The summed E-state index contributed by atoms with van der Waals surface area (Å²) in [5.41, 5.74) is 6.08. The highest BCUT2D eigenvalue weighted by molar-refractivity contribution is 5.95. The molecule has 1 N–H and O–H groups in total. The predicted octanol–water partition coefficient (Wildman–Crippen LogP) is 3.45. The number of rotatable bonds is 2. The Morgan fingerprint density at radius 3 is 2.78 bits per heavy atom. The molecule has 7 nitrogen and oxygen atoms in total. The third-order valence-corrected chi connectivity index (χ3v) is 6.72. The number of anilines is 2. The molecule has 2 aromatic heterocycles. The van der Waals surface area contributed by atoms with Crippen LogP contribution in [-0.2, 0) is 6.54 Å². The lowest BCUT2D eigenvalue weighted by Gasteiger charge is -2.34. The minimum absolute atomic E-state index is 0.246. The largest absolute Gasteiger partial charge is 0.369 e. The summed E-state index contributed by atoms with van der Waals surface area (Å²) in [6.07, 6.45) is 1.76. The minimum atomic E-state index is 0.246. The number of piperazine rings is 1. The zero-order chi connectivity index (χ0) is 21.7. The molecule has 7 heteroatoms. The molecule has 0 aliphatic carbocycles. The fourth-order valence-electron chi connectivity index (χ4n) is 5.13. The average Bonchev–Trinajstić information content (AvgIpc) is 3.22. The monoisotopic (exact) mass is 423 g/mol. The van der Waals surface area contributed by atoms with E-state index in [4.69, 9.17) is 5.10 Å². The van der Waals surface area contributed by atoms with E-state index in [0.29, 0.717) is 5.56 Å². The van der Waals surface area contributed by atoms with Gasteiger partial charge in [0.1, 0.15) is 6.07 Å². The second-order valence-corrected chi connectivity index (χ2v) is 8.70. The Morgan fingerprint density at radius 2 is 1.94 bits per heavy atom. The van der Waals surface area contributed by atoms with Crippen LogP contribution >= 0.6 is 0 Å². The van der Waals surface area contributed by atoms with E-state index < -0.39 is 0 Å². The first kappa shape index (κ1) is 19.1. The molecule has 0 radical (unpaired) electrons. The van der Waals surface area contributed by atoms with Gasteiger partial charge in [0, 0.05) is 61.1 Å². The molecule has 4 aromatic rings. The van der Waals surface area contributed by atoms with Crippen molar-refractivity contribution >= 4 is 33.2 Å². The molecular formula is C25H25N7. The van der Waals surface area contributed by atoms with Gasteiger partial charge in [-0.2, -0.15) is 10.4 Å². The molecule has 6 rings (SSSR count). The highest BCUT2D eigenvalue weighted by atomic mass is 15.4. The number of hydrogen-bond acceptors (Lipinski definition) is 6. The summed E-state index contributed by atoms with van der Waals surface area (Å²) in [4.78, 5) is 9.35. The van der Waals surface area contributed by atoms with Crippen LogP contribution in [0, 0.1) is 11.3 Å². The zero-order valence-corrected chi connectivity index (χ0v) is 18.1. The summed E-state index contributed by atoms with van der Waals surface area (Å²) in [7, 11) is 0. The Bertz CT molecular complexity index is 1360. The summed E-state index contributed by atoms with van der Waals surface area (Å²) in [5.74, 6) is 0. The molecule has 32 heavy (non-hydrogen) atoms. The van der Waals surface area contributed by atoms with Gasteiger partial charge in [0.15, 0.2) is 0 Å². The van der Waals surface area contributed by atoms with Crippen molar-refractivity contribution in [1.82, 2.24) is 20.1 Å². The quantitative estimate of drug-likeness (QED) is 0.532. The van der Waals surface area contributed by atoms with Gasteiger partial charge in [0.05, 0.1) is 34.9 Å². The van der Waals surface area contributed by atoms with E-state index in [2.05, 4.69) is 68.1 Å². The average molecular weight is 424 g/mol. The van der Waals surface area contributed by atoms with Crippen LogP contribution in [0.15, 0.2) is 48.7 Å². The highest BCUT2D eigenvalue weighted by Crippen LogP contribution is 2.35. The molecule has 0 unspecified atom stereocenters. The molecule has 2 aliphatic rings. The first-order valence-corrected chi connectivity index (χ1v) is 11.2. The molecule has 1 atom stereocenters. The molecule has 0 saturated carbocycles. The van der Waals surface area contributed by atoms with Crippen LogP contribution in [0.1, 0.15) is 24.2 Å². The van der Waals surface area contributed by atoms with Gasteiger partial charge in [-0.25, -0.2) is 0 Å². The second-order valence-electron chi connectivity index (χ2n) is 8.70. The van der Waals surface area contributed by atoms with E-state index in [0.717, 1.165) is 61.4 Å². The van der Waals surface area contributed by atoms with Crippen molar-refractivity contribution in [3.05, 3.63) is 59.9 Å². The first-order valence-electron chi connectivity index (χ1n) is 11.2. The molecule has 2 aromatic carbocycles. The van der Waals surface area contributed by atoms with Crippen molar-refractivity contribution in [1.29, 1.82) is 5.26 Å². The second kappa shape index (κ2) is 7.50. The molecular weight excluding hydrogens is 398 g/mol. The van der Waals surface area contributed by atoms with Crippen molar-refractivity contribution in [3.8, 4) is 6.07 Å². The number of fused-ring (bicyclic) bond motifs is 4. The van der Waals surface area contributed by atoms with Gasteiger partial charge in [0.2, 0.25) is 0 Å². The number of nitriles is 1. The maximum absolute atomic E-state index is 9.51. The van der Waals surface area contributed by atoms with E-state index in [-0.39, 0.29) is 6.04 Å². The van der Waals surface area contributed by atoms with Crippen LogP contribution in [0.3, 0.4) is 0 Å². The zero-order valence-electron chi connectivity index (χ0n) is 18.1. The van der Waals surface area contributed by atoms with E-state index >= 15 is 0 Å². The molecule has 1 saturated heterocycles. The minimum Gasteiger partial charge on any atom is -0.369 e. The lowest BCUT2D eigenvalue weighted by Crippen LogP contribution is -2.43. The third-order valence-electron chi connectivity index (χ3n) is 6.72. The number of nitrogens with one attached hydrogen (secondary N) is 1. The lowest BCUT2D eigenvalue weighted by molar-refractivity contribution is 0.430. The normalized spacial score (nSPS) is 18.7. The van der Waals surface area contributed by atoms with Gasteiger partial charge in [-0.05, 0) is 49.4 Å². The highest BCUT2D eigenvalue weighted by Gasteiger charge is 2.27. The van der Waals surface area contributed by atoms with Crippen molar-refractivity contribution < 1.29 is 0 Å². The summed E-state index contributed by atoms with van der Waals surface area (Å²) in [6.45, 7) is 7.97. The third kappa shape index (κ3) is 2.99. The molecule has 0 bridgehead atoms. The number of benzene rings is 2. The Morgan fingerprint density at radius 1 is 1.06 bits per heavy atom. The van der Waals surface area contributed by atoms with Gasteiger partial charge in [-0.3, -0.25) is 9.67 Å². The maximum atomic E-state index is 9.51. The van der Waals surface area contributed by atoms with Crippen LogP contribution in [0.25, 0.3) is 21.8 Å². The standard InChI is InChI=1S/C25H25N7/c1-17-15-31(23-7-4-18(14-26)25-20(23)3-2-8-28-25)16-24-21-13-19(30-11-9-27-10-12-30)5-6-22(21)29-32(17)24/h2-8,13,17,27H,9-12,15-16H2,1H3/t17-/m1/s1. The molecule has 160 valence electrons. The molecule has 4 heterocycles. The Kier molecular flexibility index (Phi) is 4.47. The van der Waals surface area contributed by atoms with E-state index in [1.54, 1.807) is 6.20 Å². The van der Waals surface area contributed by atoms with Crippen molar-refractivity contribution in [2.75, 3.05) is 42.5 Å². The fraction of sp³-hybridized carbons (Fsp3) is 0.320. The van der Waals surface area contributed by atoms with E-state index in [9.17, 15) is 5.26 Å². The topological polar surface area (TPSA) is 73.0 Å². The number of aromatic nitrogens is 3. The van der Waals surface area contributed by atoms with Gasteiger partial charge < -0.3 is 15.1 Å². The Labute approximate surface area is 186 Å². The van der Waals surface area contributed by atoms with Crippen LogP contribution in [-0.4, -0.2) is 47.5 Å². The van der Waals surface area contributed by atoms with Crippen LogP contribution in [0.5, 0.6) is 0 Å². The first-order chi connectivity index (χ1) is 15.7. The van der Waals surface area contributed by atoms with Gasteiger partial charge >= 0.3 is 0 Å².